The second kappa shape index (κ2) is 5.58. The molecule has 0 aromatic carbocycles. The molecule has 5 nitrogen and oxygen atoms in total. The highest BCUT2D eigenvalue weighted by Crippen LogP contribution is 2.24. The molecule has 0 N–H and O–H groups in total. The molecule has 1 fully saturated rings. The Morgan fingerprint density at radius 3 is 2.95 bits per heavy atom. The molecule has 6 heteroatoms. The van der Waals surface area contributed by atoms with Crippen molar-refractivity contribution in [3.63, 3.8) is 0 Å². The van der Waals surface area contributed by atoms with Gasteiger partial charge in [0.15, 0.2) is 0 Å². The SMILES string of the molecule is O=C1CC(CS)CN1c1nccc(-c2cccnc2)n1. The van der Waals surface area contributed by atoms with Crippen LogP contribution in [0.5, 0.6) is 0 Å². The molecule has 1 aliphatic heterocycles. The molecule has 3 heterocycles. The molecule has 1 aliphatic rings. The van der Waals surface area contributed by atoms with Crippen LogP contribution in [0.3, 0.4) is 0 Å². The predicted octanol–water partition coefficient (Wildman–Crippen LogP) is 1.82. The second-order valence-corrected chi connectivity index (χ2v) is 5.11. The van der Waals surface area contributed by atoms with Gasteiger partial charge in [-0.25, -0.2) is 9.97 Å². The van der Waals surface area contributed by atoms with Crippen LogP contribution in [0.4, 0.5) is 5.95 Å². The molecule has 0 saturated carbocycles. The van der Waals surface area contributed by atoms with Gasteiger partial charge in [-0.3, -0.25) is 14.7 Å². The Morgan fingerprint density at radius 2 is 2.25 bits per heavy atom. The summed E-state index contributed by atoms with van der Waals surface area (Å²) >= 11 is 4.26. The number of carbonyl (C=O) groups excluding carboxylic acids is 1. The van der Waals surface area contributed by atoms with E-state index in [0.29, 0.717) is 24.7 Å². The van der Waals surface area contributed by atoms with Crippen LogP contribution in [-0.2, 0) is 4.79 Å². The zero-order valence-corrected chi connectivity index (χ0v) is 11.7. The lowest BCUT2D eigenvalue weighted by Gasteiger charge is -2.14. The molecule has 0 radical (unpaired) electrons. The smallest absolute Gasteiger partial charge is 0.232 e. The number of aromatic nitrogens is 3. The Morgan fingerprint density at radius 1 is 1.35 bits per heavy atom. The summed E-state index contributed by atoms with van der Waals surface area (Å²) in [5.41, 5.74) is 1.68. The highest BCUT2D eigenvalue weighted by atomic mass is 32.1. The van der Waals surface area contributed by atoms with Crippen molar-refractivity contribution in [2.45, 2.75) is 6.42 Å². The molecule has 0 aliphatic carbocycles. The van der Waals surface area contributed by atoms with E-state index >= 15 is 0 Å². The van der Waals surface area contributed by atoms with E-state index in [2.05, 4.69) is 27.6 Å². The van der Waals surface area contributed by atoms with E-state index in [1.807, 2.05) is 18.2 Å². The number of nitrogens with zero attached hydrogens (tertiary/aromatic N) is 4. The van der Waals surface area contributed by atoms with Crippen LogP contribution in [0.25, 0.3) is 11.3 Å². The molecule has 2 aromatic rings. The van der Waals surface area contributed by atoms with Gasteiger partial charge in [0.05, 0.1) is 5.69 Å². The van der Waals surface area contributed by atoms with E-state index in [9.17, 15) is 4.79 Å². The molecule has 2 aromatic heterocycles. The normalized spacial score (nSPS) is 18.6. The van der Waals surface area contributed by atoms with Crippen LogP contribution in [-0.4, -0.2) is 33.2 Å². The molecule has 20 heavy (non-hydrogen) atoms. The van der Waals surface area contributed by atoms with E-state index in [0.717, 1.165) is 11.3 Å². The van der Waals surface area contributed by atoms with Gasteiger partial charge >= 0.3 is 0 Å². The molecule has 1 atom stereocenters. The average Bonchev–Trinajstić information content (AvgIpc) is 2.89. The monoisotopic (exact) mass is 286 g/mol. The van der Waals surface area contributed by atoms with Crippen LogP contribution in [0.15, 0.2) is 36.8 Å². The number of rotatable bonds is 3. The fraction of sp³-hybridized carbons (Fsp3) is 0.286. The van der Waals surface area contributed by atoms with Crippen molar-refractivity contribution in [1.82, 2.24) is 15.0 Å². The minimum atomic E-state index is 0.0624. The topological polar surface area (TPSA) is 59.0 Å². The Labute approximate surface area is 122 Å². The Hall–Kier alpha value is -1.95. The fourth-order valence-electron chi connectivity index (χ4n) is 2.25. The Kier molecular flexibility index (Phi) is 3.64. The maximum atomic E-state index is 12.0. The number of hydrogen-bond acceptors (Lipinski definition) is 5. The third-order valence-corrected chi connectivity index (χ3v) is 3.82. The first-order chi connectivity index (χ1) is 9.78. The van der Waals surface area contributed by atoms with Crippen molar-refractivity contribution in [3.8, 4) is 11.3 Å². The summed E-state index contributed by atoms with van der Waals surface area (Å²) < 4.78 is 0. The summed E-state index contributed by atoms with van der Waals surface area (Å²) in [4.78, 5) is 26.4. The molecule has 102 valence electrons. The van der Waals surface area contributed by atoms with Gasteiger partial charge in [-0.15, -0.1) is 0 Å². The van der Waals surface area contributed by atoms with Gasteiger partial charge < -0.3 is 0 Å². The first-order valence-corrected chi connectivity index (χ1v) is 7.06. The molecule has 1 amide bonds. The minimum absolute atomic E-state index is 0.0624. The van der Waals surface area contributed by atoms with E-state index in [1.165, 1.54) is 0 Å². The summed E-state index contributed by atoms with van der Waals surface area (Å²) in [6, 6.07) is 5.60. The van der Waals surface area contributed by atoms with Gasteiger partial charge in [-0.2, -0.15) is 12.6 Å². The zero-order valence-electron chi connectivity index (χ0n) is 10.8. The number of amides is 1. The van der Waals surface area contributed by atoms with Gasteiger partial charge in [0.25, 0.3) is 0 Å². The third-order valence-electron chi connectivity index (χ3n) is 3.30. The Balaban J connectivity index is 1.91. The van der Waals surface area contributed by atoms with Crippen LogP contribution < -0.4 is 4.90 Å². The highest BCUT2D eigenvalue weighted by molar-refractivity contribution is 7.80. The molecule has 0 spiro atoms. The van der Waals surface area contributed by atoms with Crippen LogP contribution in [0, 0.1) is 5.92 Å². The summed E-state index contributed by atoms with van der Waals surface area (Å²) in [5.74, 6) is 1.49. The van der Waals surface area contributed by atoms with E-state index in [4.69, 9.17) is 0 Å². The first-order valence-electron chi connectivity index (χ1n) is 6.42. The van der Waals surface area contributed by atoms with Crippen molar-refractivity contribution in [2.75, 3.05) is 17.2 Å². The predicted molar refractivity (Wildman–Crippen MR) is 79.6 cm³/mol. The minimum Gasteiger partial charge on any atom is -0.280 e. The summed E-state index contributed by atoms with van der Waals surface area (Å²) in [6.07, 6.45) is 5.65. The van der Waals surface area contributed by atoms with Gasteiger partial charge in [0.2, 0.25) is 11.9 Å². The highest BCUT2D eigenvalue weighted by Gasteiger charge is 2.31. The van der Waals surface area contributed by atoms with Crippen molar-refractivity contribution in [1.29, 1.82) is 0 Å². The number of anilines is 1. The standard InChI is InChI=1S/C14H14N4OS/c19-13-6-10(9-20)8-18(13)14-16-5-3-12(17-14)11-2-1-4-15-7-11/h1-5,7,10,20H,6,8-9H2. The zero-order chi connectivity index (χ0) is 13.9. The van der Waals surface area contributed by atoms with Gasteiger partial charge in [-0.1, -0.05) is 0 Å². The molecule has 3 rings (SSSR count). The quantitative estimate of drug-likeness (QED) is 0.874. The van der Waals surface area contributed by atoms with E-state index in [1.54, 1.807) is 23.5 Å². The Bertz CT molecular complexity index is 620. The maximum absolute atomic E-state index is 12.0. The van der Waals surface area contributed by atoms with Crippen molar-refractivity contribution in [2.24, 2.45) is 5.92 Å². The van der Waals surface area contributed by atoms with Crippen molar-refractivity contribution in [3.05, 3.63) is 36.8 Å². The lowest BCUT2D eigenvalue weighted by molar-refractivity contribution is -0.117. The van der Waals surface area contributed by atoms with Crippen LogP contribution >= 0.6 is 12.6 Å². The number of hydrogen-bond donors (Lipinski definition) is 1. The summed E-state index contributed by atoms with van der Waals surface area (Å²) in [5, 5.41) is 0. The molecular formula is C14H14N4OS. The van der Waals surface area contributed by atoms with Crippen molar-refractivity contribution >= 4 is 24.5 Å². The lowest BCUT2D eigenvalue weighted by atomic mass is 10.1. The average molecular weight is 286 g/mol. The largest absolute Gasteiger partial charge is 0.280 e. The molecule has 1 saturated heterocycles. The van der Waals surface area contributed by atoms with Gasteiger partial charge in [0.1, 0.15) is 0 Å². The first kappa shape index (κ1) is 13.1. The van der Waals surface area contributed by atoms with Crippen molar-refractivity contribution < 1.29 is 4.79 Å². The number of carbonyl (C=O) groups is 1. The molecule has 0 bridgehead atoms. The molecular weight excluding hydrogens is 272 g/mol. The summed E-state index contributed by atoms with van der Waals surface area (Å²) in [6.45, 7) is 0.638. The van der Waals surface area contributed by atoms with E-state index in [-0.39, 0.29) is 11.8 Å². The maximum Gasteiger partial charge on any atom is 0.232 e. The number of pyridine rings is 1. The number of thiol groups is 1. The lowest BCUT2D eigenvalue weighted by Crippen LogP contribution is -2.26. The fourth-order valence-corrected chi connectivity index (χ4v) is 2.50. The molecule has 1 unspecified atom stereocenters. The third kappa shape index (κ3) is 2.51. The van der Waals surface area contributed by atoms with Crippen LogP contribution in [0.2, 0.25) is 0 Å². The van der Waals surface area contributed by atoms with Gasteiger partial charge in [0, 0.05) is 37.1 Å². The van der Waals surface area contributed by atoms with Crippen LogP contribution in [0.1, 0.15) is 6.42 Å². The van der Waals surface area contributed by atoms with E-state index < -0.39 is 0 Å². The summed E-state index contributed by atoms with van der Waals surface area (Å²) in [7, 11) is 0. The second-order valence-electron chi connectivity index (χ2n) is 4.74. The van der Waals surface area contributed by atoms with Gasteiger partial charge in [-0.05, 0) is 29.9 Å².